The van der Waals surface area contributed by atoms with Crippen molar-refractivity contribution in [2.24, 2.45) is 16.1 Å². The van der Waals surface area contributed by atoms with Gasteiger partial charge in [-0.25, -0.2) is 0 Å². The number of nitrogens with zero attached hydrogens (tertiary/aromatic N) is 2. The Labute approximate surface area is 120 Å². The van der Waals surface area contributed by atoms with Crippen molar-refractivity contribution < 1.29 is 0 Å². The minimum Gasteiger partial charge on any atom is -0.364 e. The summed E-state index contributed by atoms with van der Waals surface area (Å²) in [5, 5.41) is 13.9. The van der Waals surface area contributed by atoms with Gasteiger partial charge in [0.1, 0.15) is 0 Å². The predicted molar refractivity (Wildman–Crippen MR) is 87.3 cm³/mol. The smallest absolute Gasteiger partial charge is 0.186 e. The van der Waals surface area contributed by atoms with E-state index >= 15 is 0 Å². The molecule has 0 unspecified atom stereocenters. The van der Waals surface area contributed by atoms with Gasteiger partial charge < -0.3 is 10.6 Å². The van der Waals surface area contributed by atoms with Crippen LogP contribution in [0.5, 0.6) is 0 Å². The minimum atomic E-state index is 0.251. The van der Waals surface area contributed by atoms with Crippen molar-refractivity contribution >= 4 is 47.0 Å². The van der Waals surface area contributed by atoms with Crippen molar-refractivity contribution in [3.05, 3.63) is 0 Å². The van der Waals surface area contributed by atoms with Crippen LogP contribution >= 0.6 is 24.4 Å². The maximum absolute atomic E-state index is 4.85. The lowest BCUT2D eigenvalue weighted by atomic mass is 10.1. The Balaban J connectivity index is 0. The fourth-order valence-electron chi connectivity index (χ4n) is 0.621. The number of hydrogen-bond donors (Lipinski definition) is 4. The van der Waals surface area contributed by atoms with Gasteiger partial charge in [-0.15, -0.1) is 0 Å². The molecule has 0 heterocycles. The Bertz CT molecular complexity index is 288. The van der Waals surface area contributed by atoms with Crippen molar-refractivity contribution in [1.82, 2.24) is 21.5 Å². The SMILES string of the molecule is CNC.CNC(=S)N/N=C/C(=N\NC=S)C(C)C. The highest BCUT2D eigenvalue weighted by atomic mass is 32.1. The van der Waals surface area contributed by atoms with Crippen molar-refractivity contribution in [3.8, 4) is 0 Å². The van der Waals surface area contributed by atoms with E-state index in [1.165, 1.54) is 5.49 Å². The van der Waals surface area contributed by atoms with Gasteiger partial charge in [-0.3, -0.25) is 10.9 Å². The predicted octanol–water partition coefficient (Wildman–Crippen LogP) is 0.461. The summed E-state index contributed by atoms with van der Waals surface area (Å²) in [5.74, 6) is 0.251. The maximum Gasteiger partial charge on any atom is 0.186 e. The zero-order chi connectivity index (χ0) is 14.4. The summed E-state index contributed by atoms with van der Waals surface area (Å²) in [7, 11) is 5.47. The second-order valence-electron chi connectivity index (χ2n) is 3.39. The summed E-state index contributed by atoms with van der Waals surface area (Å²) < 4.78 is 0. The molecule has 8 heteroatoms. The van der Waals surface area contributed by atoms with Gasteiger partial charge in [0.15, 0.2) is 5.11 Å². The summed E-state index contributed by atoms with van der Waals surface area (Å²) >= 11 is 9.44. The number of nitrogens with one attached hydrogen (secondary N) is 4. The lowest BCUT2D eigenvalue weighted by Crippen LogP contribution is -2.29. The largest absolute Gasteiger partial charge is 0.364 e. The highest BCUT2D eigenvalue weighted by molar-refractivity contribution is 7.80. The van der Waals surface area contributed by atoms with Crippen molar-refractivity contribution in [1.29, 1.82) is 0 Å². The van der Waals surface area contributed by atoms with Gasteiger partial charge in [-0.05, 0) is 32.2 Å². The highest BCUT2D eigenvalue weighted by Gasteiger charge is 2.01. The Kier molecular flexibility index (Phi) is 14.9. The fourth-order valence-corrected chi connectivity index (χ4v) is 0.726. The molecule has 0 fully saturated rings. The molecule has 104 valence electrons. The first kappa shape index (κ1) is 19.2. The summed E-state index contributed by atoms with van der Waals surface area (Å²) in [6.45, 7) is 4.01. The standard InChI is InChI=1S/C8H15N5S2.C2H7N/c1-6(2)7(12-11-5-14)4-10-13-8(15)9-3;1-3-2/h4-6H,1-3H3,(H,11,14)(H2,9,13,15);3H,1-2H3/b10-4+,12-7+;. The summed E-state index contributed by atoms with van der Waals surface area (Å²) in [4.78, 5) is 0. The van der Waals surface area contributed by atoms with Gasteiger partial charge in [0, 0.05) is 7.05 Å². The molecule has 0 aliphatic heterocycles. The van der Waals surface area contributed by atoms with E-state index in [0.717, 1.165) is 5.71 Å². The minimum absolute atomic E-state index is 0.251. The van der Waals surface area contributed by atoms with Gasteiger partial charge in [0.2, 0.25) is 0 Å². The molecule has 4 N–H and O–H groups in total. The summed E-state index contributed by atoms with van der Waals surface area (Å²) in [5.41, 5.74) is 7.35. The molecule has 0 bridgehead atoms. The number of hydrogen-bond acceptors (Lipinski definition) is 5. The molecule has 0 atom stereocenters. The van der Waals surface area contributed by atoms with Gasteiger partial charge in [0.25, 0.3) is 0 Å². The average molecular weight is 290 g/mol. The average Bonchev–Trinajstić information content (AvgIpc) is 2.33. The third kappa shape index (κ3) is 12.9. The molecule has 0 aromatic rings. The Morgan fingerprint density at radius 2 is 1.78 bits per heavy atom. The topological polar surface area (TPSA) is 72.8 Å². The first-order chi connectivity index (χ1) is 8.53. The van der Waals surface area contributed by atoms with E-state index in [1.54, 1.807) is 13.3 Å². The van der Waals surface area contributed by atoms with Gasteiger partial charge in [0.05, 0.1) is 17.4 Å². The van der Waals surface area contributed by atoms with E-state index in [2.05, 4.69) is 43.9 Å². The molecular weight excluding hydrogens is 268 g/mol. The van der Waals surface area contributed by atoms with E-state index in [-0.39, 0.29) is 5.92 Å². The first-order valence-corrected chi connectivity index (χ1v) is 6.27. The second kappa shape index (κ2) is 13.9. The molecule has 0 saturated carbocycles. The van der Waals surface area contributed by atoms with Crippen molar-refractivity contribution in [2.45, 2.75) is 13.8 Å². The summed E-state index contributed by atoms with van der Waals surface area (Å²) in [6, 6.07) is 0. The third-order valence-electron chi connectivity index (χ3n) is 1.43. The molecule has 0 aromatic heterocycles. The van der Waals surface area contributed by atoms with Crippen LogP contribution in [0.4, 0.5) is 0 Å². The van der Waals surface area contributed by atoms with Gasteiger partial charge in [-0.2, -0.15) is 10.2 Å². The maximum atomic E-state index is 4.85. The number of hydrazone groups is 2. The van der Waals surface area contributed by atoms with E-state index < -0.39 is 0 Å². The van der Waals surface area contributed by atoms with Crippen LogP contribution in [0.3, 0.4) is 0 Å². The molecule has 0 amide bonds. The van der Waals surface area contributed by atoms with Crippen LogP contribution in [-0.4, -0.2) is 43.7 Å². The summed E-state index contributed by atoms with van der Waals surface area (Å²) in [6.07, 6.45) is 1.60. The molecule has 6 nitrogen and oxygen atoms in total. The Morgan fingerprint density at radius 3 is 2.17 bits per heavy atom. The zero-order valence-corrected chi connectivity index (χ0v) is 13.1. The van der Waals surface area contributed by atoms with Crippen molar-refractivity contribution in [2.75, 3.05) is 21.1 Å². The fraction of sp³-hybridized carbons (Fsp3) is 0.600. The van der Waals surface area contributed by atoms with Crippen LogP contribution in [0.25, 0.3) is 0 Å². The second-order valence-corrected chi connectivity index (χ2v) is 4.03. The van der Waals surface area contributed by atoms with E-state index in [4.69, 9.17) is 12.2 Å². The van der Waals surface area contributed by atoms with Gasteiger partial charge >= 0.3 is 0 Å². The molecule has 0 aromatic carbocycles. The molecule has 0 aliphatic rings. The van der Waals surface area contributed by atoms with E-state index in [9.17, 15) is 0 Å². The van der Waals surface area contributed by atoms with Crippen LogP contribution in [0, 0.1) is 5.92 Å². The lowest BCUT2D eigenvalue weighted by Gasteiger charge is -2.04. The molecular formula is C10H22N6S2. The molecule has 0 aliphatic carbocycles. The van der Waals surface area contributed by atoms with Crippen LogP contribution in [-0.2, 0) is 0 Å². The molecule has 0 saturated heterocycles. The first-order valence-electron chi connectivity index (χ1n) is 5.39. The normalized spacial score (nSPS) is 10.7. The molecule has 0 spiro atoms. The van der Waals surface area contributed by atoms with Gasteiger partial charge in [-0.1, -0.05) is 26.1 Å². The Morgan fingerprint density at radius 1 is 1.22 bits per heavy atom. The van der Waals surface area contributed by atoms with Crippen LogP contribution in [0.1, 0.15) is 13.8 Å². The van der Waals surface area contributed by atoms with Crippen LogP contribution in [0.2, 0.25) is 0 Å². The Hall–Kier alpha value is -1.12. The number of thiocarbonyl (C=S) groups is 2. The lowest BCUT2D eigenvalue weighted by molar-refractivity contribution is 0.873. The van der Waals surface area contributed by atoms with E-state index in [0.29, 0.717) is 5.11 Å². The van der Waals surface area contributed by atoms with Crippen molar-refractivity contribution in [3.63, 3.8) is 0 Å². The number of rotatable bonds is 5. The molecule has 0 radical (unpaired) electrons. The zero-order valence-electron chi connectivity index (χ0n) is 11.4. The van der Waals surface area contributed by atoms with Crippen LogP contribution < -0.4 is 21.5 Å². The third-order valence-corrected chi connectivity index (χ3v) is 1.83. The monoisotopic (exact) mass is 290 g/mol. The molecule has 18 heavy (non-hydrogen) atoms. The highest BCUT2D eigenvalue weighted by Crippen LogP contribution is 1.93. The van der Waals surface area contributed by atoms with E-state index in [1.807, 2.05) is 27.9 Å². The van der Waals surface area contributed by atoms with Crippen LogP contribution in [0.15, 0.2) is 10.2 Å². The quantitative estimate of drug-likeness (QED) is 0.335. The molecule has 0 rings (SSSR count).